The van der Waals surface area contributed by atoms with Crippen LogP contribution in [0.4, 0.5) is 0 Å². The Balaban J connectivity index is 2.20. The lowest BCUT2D eigenvalue weighted by Crippen LogP contribution is -2.42. The first-order valence-electron chi connectivity index (χ1n) is 7.84. The van der Waals surface area contributed by atoms with Crippen molar-refractivity contribution in [3.05, 3.63) is 35.9 Å². The van der Waals surface area contributed by atoms with Crippen LogP contribution in [0, 0.1) is 11.3 Å². The van der Waals surface area contributed by atoms with Gasteiger partial charge in [0.05, 0.1) is 12.7 Å². The minimum Gasteiger partial charge on any atom is -0.468 e. The van der Waals surface area contributed by atoms with E-state index in [9.17, 15) is 9.59 Å². The topological polar surface area (TPSA) is 52.6 Å². The van der Waals surface area contributed by atoms with Gasteiger partial charge in [-0.25, -0.2) is 4.79 Å². The van der Waals surface area contributed by atoms with Crippen LogP contribution in [0.5, 0.6) is 0 Å². The van der Waals surface area contributed by atoms with Gasteiger partial charge >= 0.3 is 11.9 Å². The van der Waals surface area contributed by atoms with Gasteiger partial charge in [0.15, 0.2) is 0 Å². The van der Waals surface area contributed by atoms with Crippen molar-refractivity contribution in [2.24, 2.45) is 11.3 Å². The van der Waals surface area contributed by atoms with Crippen molar-refractivity contribution < 1.29 is 19.1 Å². The van der Waals surface area contributed by atoms with Crippen LogP contribution in [0.2, 0.25) is 0 Å². The first-order valence-corrected chi connectivity index (χ1v) is 7.84. The lowest BCUT2D eigenvalue weighted by Gasteiger charge is -2.33. The molecule has 2 rings (SSSR count). The van der Waals surface area contributed by atoms with Crippen LogP contribution in [-0.4, -0.2) is 25.2 Å². The molecule has 1 saturated carbocycles. The molecule has 1 aromatic rings. The predicted molar refractivity (Wildman–Crippen MR) is 83.4 cm³/mol. The van der Waals surface area contributed by atoms with Gasteiger partial charge in [-0.3, -0.25) is 4.79 Å². The number of esters is 2. The van der Waals surface area contributed by atoms with Crippen LogP contribution in [0.25, 0.3) is 0 Å². The molecule has 0 heterocycles. The van der Waals surface area contributed by atoms with Crippen molar-refractivity contribution in [1.82, 2.24) is 0 Å². The summed E-state index contributed by atoms with van der Waals surface area (Å²) >= 11 is 0. The Morgan fingerprint density at radius 3 is 2.55 bits per heavy atom. The van der Waals surface area contributed by atoms with E-state index in [1.54, 1.807) is 24.3 Å². The Kier molecular flexibility index (Phi) is 5.22. The molecule has 1 aliphatic rings. The second kappa shape index (κ2) is 6.95. The van der Waals surface area contributed by atoms with Crippen molar-refractivity contribution in [2.75, 3.05) is 7.11 Å². The molecule has 4 heteroatoms. The van der Waals surface area contributed by atoms with Crippen molar-refractivity contribution in [1.29, 1.82) is 0 Å². The van der Waals surface area contributed by atoms with Gasteiger partial charge in [0.2, 0.25) is 0 Å². The molecule has 2 unspecified atom stereocenters. The van der Waals surface area contributed by atoms with E-state index in [1.165, 1.54) is 7.11 Å². The zero-order valence-corrected chi connectivity index (χ0v) is 13.5. The molecule has 0 bridgehead atoms. The maximum Gasteiger partial charge on any atom is 0.338 e. The highest BCUT2D eigenvalue weighted by atomic mass is 16.6. The maximum absolute atomic E-state index is 12.4. The summed E-state index contributed by atoms with van der Waals surface area (Å²) in [7, 11) is 1.40. The van der Waals surface area contributed by atoms with Gasteiger partial charge in [-0.1, -0.05) is 32.0 Å². The molecule has 0 aliphatic heterocycles. The quantitative estimate of drug-likeness (QED) is 0.780. The summed E-state index contributed by atoms with van der Waals surface area (Å²) in [5, 5.41) is 0. The zero-order valence-electron chi connectivity index (χ0n) is 13.5. The van der Waals surface area contributed by atoms with Gasteiger partial charge in [0, 0.05) is 0 Å². The number of benzene rings is 1. The fourth-order valence-corrected chi connectivity index (χ4v) is 3.47. The first kappa shape index (κ1) is 16.5. The first-order chi connectivity index (χ1) is 10.5. The fourth-order valence-electron chi connectivity index (χ4n) is 3.47. The monoisotopic (exact) mass is 304 g/mol. The molecular formula is C18H24O4. The highest BCUT2D eigenvalue weighted by molar-refractivity contribution is 5.90. The Bertz CT molecular complexity index is 523. The summed E-state index contributed by atoms with van der Waals surface area (Å²) in [6.45, 7) is 4.14. The van der Waals surface area contributed by atoms with Gasteiger partial charge in [0.1, 0.15) is 11.5 Å². The molecule has 1 aliphatic carbocycles. The molecule has 1 aromatic carbocycles. The second-order valence-corrected chi connectivity index (χ2v) is 6.40. The van der Waals surface area contributed by atoms with Crippen molar-refractivity contribution in [3.63, 3.8) is 0 Å². The van der Waals surface area contributed by atoms with Gasteiger partial charge < -0.3 is 9.47 Å². The summed E-state index contributed by atoms with van der Waals surface area (Å²) in [5.74, 6) is -0.302. The summed E-state index contributed by atoms with van der Waals surface area (Å²) < 4.78 is 10.7. The van der Waals surface area contributed by atoms with Crippen LogP contribution < -0.4 is 0 Å². The minimum atomic E-state index is -0.701. The zero-order chi connectivity index (χ0) is 16.2. The van der Waals surface area contributed by atoms with Gasteiger partial charge in [-0.05, 0) is 43.7 Å². The molecule has 0 amide bonds. The van der Waals surface area contributed by atoms with Gasteiger partial charge in [-0.15, -0.1) is 0 Å². The van der Waals surface area contributed by atoms with E-state index in [2.05, 4.69) is 13.8 Å². The largest absolute Gasteiger partial charge is 0.468 e. The molecule has 0 N–H and O–H groups in total. The molecule has 22 heavy (non-hydrogen) atoms. The Labute approximate surface area is 131 Å². The Hall–Kier alpha value is -1.84. The van der Waals surface area contributed by atoms with E-state index in [4.69, 9.17) is 9.47 Å². The molecule has 1 fully saturated rings. The molecule has 2 atom stereocenters. The summed E-state index contributed by atoms with van der Waals surface area (Å²) in [6.07, 6.45) is 2.56. The normalized spacial score (nSPS) is 24.3. The number of hydrogen-bond donors (Lipinski definition) is 0. The van der Waals surface area contributed by atoms with Gasteiger partial charge in [-0.2, -0.15) is 0 Å². The number of carbonyl (C=O) groups is 2. The summed E-state index contributed by atoms with van der Waals surface area (Å²) in [5.41, 5.74) is -0.189. The number of ether oxygens (including phenoxy) is 2. The van der Waals surface area contributed by atoms with E-state index in [0.29, 0.717) is 30.7 Å². The van der Waals surface area contributed by atoms with Crippen LogP contribution in [-0.2, 0) is 14.3 Å². The molecule has 120 valence electrons. The average molecular weight is 304 g/mol. The minimum absolute atomic E-state index is 0.260. The fraction of sp³-hybridized carbons (Fsp3) is 0.556. The van der Waals surface area contributed by atoms with E-state index in [-0.39, 0.29) is 11.9 Å². The number of carbonyl (C=O) groups excluding carboxylic acids is 2. The third-order valence-corrected chi connectivity index (χ3v) is 4.33. The third kappa shape index (κ3) is 3.32. The highest BCUT2D eigenvalue weighted by Crippen LogP contribution is 2.46. The third-order valence-electron chi connectivity index (χ3n) is 4.33. The van der Waals surface area contributed by atoms with Crippen LogP contribution in [0.3, 0.4) is 0 Å². The molecule has 0 saturated heterocycles. The van der Waals surface area contributed by atoms with E-state index >= 15 is 0 Å². The molecular weight excluding hydrogens is 280 g/mol. The SMILES string of the molecule is COC(=O)C1(CC(C)C)CCCC1OC(=O)c1ccccc1. The Morgan fingerprint density at radius 1 is 1.27 bits per heavy atom. The Morgan fingerprint density at radius 2 is 1.95 bits per heavy atom. The van der Waals surface area contributed by atoms with Gasteiger partial charge in [0.25, 0.3) is 0 Å². The molecule has 0 radical (unpaired) electrons. The molecule has 0 aromatic heterocycles. The van der Waals surface area contributed by atoms with Crippen molar-refractivity contribution in [2.45, 2.75) is 45.6 Å². The molecule has 0 spiro atoms. The number of methoxy groups -OCH3 is 1. The summed E-state index contributed by atoms with van der Waals surface area (Å²) in [6, 6.07) is 8.89. The maximum atomic E-state index is 12.4. The van der Waals surface area contributed by atoms with E-state index in [1.807, 2.05) is 6.07 Å². The highest BCUT2D eigenvalue weighted by Gasteiger charge is 2.52. The predicted octanol–water partition coefficient (Wildman–Crippen LogP) is 3.60. The van der Waals surface area contributed by atoms with Crippen molar-refractivity contribution >= 4 is 11.9 Å². The second-order valence-electron chi connectivity index (χ2n) is 6.40. The number of rotatable bonds is 5. The number of hydrogen-bond acceptors (Lipinski definition) is 4. The smallest absolute Gasteiger partial charge is 0.338 e. The lowest BCUT2D eigenvalue weighted by molar-refractivity contribution is -0.160. The standard InChI is InChI=1S/C18H24O4/c1-13(2)12-18(17(20)21-3)11-7-10-15(18)22-16(19)14-8-5-4-6-9-14/h4-6,8-9,13,15H,7,10-12H2,1-3H3. The molecule has 4 nitrogen and oxygen atoms in total. The van der Waals surface area contributed by atoms with Crippen LogP contribution in [0.1, 0.15) is 49.9 Å². The van der Waals surface area contributed by atoms with Crippen LogP contribution >= 0.6 is 0 Å². The van der Waals surface area contributed by atoms with Crippen molar-refractivity contribution in [3.8, 4) is 0 Å². The van der Waals surface area contributed by atoms with E-state index < -0.39 is 11.5 Å². The average Bonchev–Trinajstić information content (AvgIpc) is 2.90. The summed E-state index contributed by atoms with van der Waals surface area (Å²) in [4.78, 5) is 24.7. The van der Waals surface area contributed by atoms with Crippen LogP contribution in [0.15, 0.2) is 30.3 Å². The van der Waals surface area contributed by atoms with E-state index in [0.717, 1.165) is 6.42 Å². The lowest BCUT2D eigenvalue weighted by atomic mass is 9.76.